The molecule has 0 saturated heterocycles. The number of nitrogens with one attached hydrogen (secondary N) is 2. The zero-order chi connectivity index (χ0) is 24.5. The van der Waals surface area contributed by atoms with Gasteiger partial charge in [-0.1, -0.05) is 46.4 Å². The Bertz CT molecular complexity index is 1570. The van der Waals surface area contributed by atoms with Crippen LogP contribution in [0.15, 0.2) is 67.3 Å². The smallest absolute Gasteiger partial charge is 0.271 e. The molecule has 0 aliphatic rings. The van der Waals surface area contributed by atoms with E-state index in [1.54, 1.807) is 59.3 Å². The minimum Gasteiger partial charge on any atom is -0.280 e. The topological polar surface area (TPSA) is 97.6 Å². The molecule has 1 amide bonds. The highest BCUT2D eigenvalue weighted by atomic mass is 35.5. The molecule has 3 heterocycles. The van der Waals surface area contributed by atoms with E-state index in [4.69, 9.17) is 51.4 Å². The van der Waals surface area contributed by atoms with Crippen LogP contribution in [0.2, 0.25) is 20.1 Å². The van der Waals surface area contributed by atoms with Crippen molar-refractivity contribution >= 4 is 69.3 Å². The Morgan fingerprint density at radius 1 is 0.914 bits per heavy atom. The van der Waals surface area contributed by atoms with E-state index < -0.39 is 5.91 Å². The quantitative estimate of drug-likeness (QED) is 0.254. The Kier molecular flexibility index (Phi) is 6.44. The van der Waals surface area contributed by atoms with Crippen LogP contribution < -0.4 is 10.9 Å². The van der Waals surface area contributed by atoms with Gasteiger partial charge in [-0.15, -0.1) is 0 Å². The molecule has 12 heteroatoms. The fourth-order valence-corrected chi connectivity index (χ4v) is 4.40. The molecule has 0 aliphatic carbocycles. The molecule has 35 heavy (non-hydrogen) atoms. The summed E-state index contributed by atoms with van der Waals surface area (Å²) in [6.45, 7) is 0. The lowest BCUT2D eigenvalue weighted by Gasteiger charge is -2.12. The van der Waals surface area contributed by atoms with Gasteiger partial charge in [0, 0.05) is 28.0 Å². The molecule has 0 saturated carbocycles. The van der Waals surface area contributed by atoms with E-state index in [0.717, 1.165) is 0 Å². The predicted octanol–water partition coefficient (Wildman–Crippen LogP) is 6.25. The number of fused-ring (bicyclic) bond motifs is 1. The maximum Gasteiger partial charge on any atom is 0.271 e. The predicted molar refractivity (Wildman–Crippen MR) is 137 cm³/mol. The summed E-state index contributed by atoms with van der Waals surface area (Å²) in [5.41, 5.74) is 7.73. The number of benzene rings is 2. The highest BCUT2D eigenvalue weighted by Gasteiger charge is 2.22. The van der Waals surface area contributed by atoms with Gasteiger partial charge in [-0.2, -0.15) is 0 Å². The summed E-state index contributed by atoms with van der Waals surface area (Å²) in [7, 11) is 0. The Balaban J connectivity index is 1.66. The van der Waals surface area contributed by atoms with E-state index >= 15 is 0 Å². The summed E-state index contributed by atoms with van der Waals surface area (Å²) in [5.74, 6) is 0.307. The third kappa shape index (κ3) is 4.61. The minimum absolute atomic E-state index is 0.266. The summed E-state index contributed by atoms with van der Waals surface area (Å²) in [6.07, 6.45) is 4.37. The van der Waals surface area contributed by atoms with Gasteiger partial charge in [0.2, 0.25) is 0 Å². The fourth-order valence-electron chi connectivity index (χ4n) is 3.41. The van der Waals surface area contributed by atoms with Gasteiger partial charge in [-0.05, 0) is 48.5 Å². The second kappa shape index (κ2) is 9.67. The average Bonchev–Trinajstić information content (AvgIpc) is 3.22. The Labute approximate surface area is 218 Å². The molecule has 0 fully saturated rings. The van der Waals surface area contributed by atoms with Crippen molar-refractivity contribution in [1.29, 1.82) is 0 Å². The molecule has 0 spiro atoms. The first-order valence-corrected chi connectivity index (χ1v) is 11.5. The van der Waals surface area contributed by atoms with Gasteiger partial charge in [-0.25, -0.2) is 15.0 Å². The average molecular weight is 545 g/mol. The third-order valence-corrected chi connectivity index (χ3v) is 6.07. The van der Waals surface area contributed by atoms with Gasteiger partial charge < -0.3 is 0 Å². The van der Waals surface area contributed by atoms with E-state index in [2.05, 4.69) is 25.8 Å². The molecule has 3 aromatic heterocycles. The zero-order valence-electron chi connectivity index (χ0n) is 17.5. The molecule has 5 rings (SSSR count). The van der Waals surface area contributed by atoms with Gasteiger partial charge in [-0.3, -0.25) is 25.2 Å². The molecule has 0 atom stereocenters. The van der Waals surface area contributed by atoms with Crippen molar-refractivity contribution < 1.29 is 4.79 Å². The molecule has 174 valence electrons. The number of halogens is 4. The summed E-state index contributed by atoms with van der Waals surface area (Å²) >= 11 is 25.3. The summed E-state index contributed by atoms with van der Waals surface area (Å²) in [6, 6.07) is 13.4. The van der Waals surface area contributed by atoms with Crippen LogP contribution in [0.1, 0.15) is 10.4 Å². The number of rotatable bonds is 5. The number of pyridine rings is 1. The van der Waals surface area contributed by atoms with Crippen LogP contribution in [0.25, 0.3) is 28.2 Å². The van der Waals surface area contributed by atoms with Gasteiger partial charge in [0.25, 0.3) is 5.91 Å². The van der Waals surface area contributed by atoms with Crippen LogP contribution in [0.5, 0.6) is 0 Å². The first-order valence-electron chi connectivity index (χ1n) is 10.0. The van der Waals surface area contributed by atoms with Crippen LogP contribution in [0.3, 0.4) is 0 Å². The molecule has 0 radical (unpaired) electrons. The lowest BCUT2D eigenvalue weighted by Crippen LogP contribution is -2.30. The molecular formula is C23H13Cl4N7O. The summed E-state index contributed by atoms with van der Waals surface area (Å²) in [4.78, 5) is 29.9. The van der Waals surface area contributed by atoms with E-state index in [9.17, 15) is 4.79 Å². The van der Waals surface area contributed by atoms with Crippen LogP contribution >= 0.6 is 46.4 Å². The van der Waals surface area contributed by atoms with Crippen molar-refractivity contribution in [2.45, 2.75) is 0 Å². The van der Waals surface area contributed by atoms with Crippen molar-refractivity contribution in [3.8, 4) is 17.1 Å². The Morgan fingerprint density at radius 3 is 2.40 bits per heavy atom. The standard InChI is InChI=1S/C23H13Cl4N7O/c24-13-3-5-15(16(26)8-13)21-31-19-20(32-33-23(35)12-2-1-7-28-10-12)29-11-30-22(19)34(21)18-6-4-14(25)9-17(18)27/h1-11H,(H,33,35)(H,29,30,32). The number of amides is 1. The second-order valence-electron chi connectivity index (χ2n) is 7.21. The molecule has 0 bridgehead atoms. The number of aromatic nitrogens is 5. The molecule has 8 nitrogen and oxygen atoms in total. The number of hydrogen-bond acceptors (Lipinski definition) is 6. The monoisotopic (exact) mass is 543 g/mol. The molecular weight excluding hydrogens is 532 g/mol. The van der Waals surface area contributed by atoms with Crippen LogP contribution in [0, 0.1) is 0 Å². The number of hydrogen-bond donors (Lipinski definition) is 2. The molecule has 0 aliphatic heterocycles. The van der Waals surface area contributed by atoms with Crippen LogP contribution in [0.4, 0.5) is 5.82 Å². The molecule has 2 aromatic carbocycles. The summed E-state index contributed by atoms with van der Waals surface area (Å²) < 4.78 is 1.74. The van der Waals surface area contributed by atoms with Crippen LogP contribution in [-0.4, -0.2) is 30.4 Å². The maximum atomic E-state index is 12.5. The Morgan fingerprint density at radius 2 is 1.69 bits per heavy atom. The largest absolute Gasteiger partial charge is 0.280 e. The van der Waals surface area contributed by atoms with Crippen molar-refractivity contribution in [3.05, 3.63) is 92.9 Å². The van der Waals surface area contributed by atoms with Crippen molar-refractivity contribution in [1.82, 2.24) is 29.9 Å². The number of anilines is 1. The third-order valence-electron chi connectivity index (χ3n) is 4.99. The maximum absolute atomic E-state index is 12.5. The molecule has 2 N–H and O–H groups in total. The lowest BCUT2D eigenvalue weighted by molar-refractivity contribution is 0.0962. The zero-order valence-corrected chi connectivity index (χ0v) is 20.5. The number of imidazole rings is 1. The van der Waals surface area contributed by atoms with Crippen molar-refractivity contribution in [3.63, 3.8) is 0 Å². The van der Waals surface area contributed by atoms with E-state index in [0.29, 0.717) is 53.9 Å². The van der Waals surface area contributed by atoms with E-state index in [1.165, 1.54) is 12.5 Å². The Hall–Kier alpha value is -3.43. The number of carbonyl (C=O) groups excluding carboxylic acids is 1. The van der Waals surface area contributed by atoms with E-state index in [-0.39, 0.29) is 5.82 Å². The number of carbonyl (C=O) groups is 1. The second-order valence-corrected chi connectivity index (χ2v) is 8.89. The molecule has 5 aromatic rings. The fraction of sp³-hybridized carbons (Fsp3) is 0. The first kappa shape index (κ1) is 23.3. The van der Waals surface area contributed by atoms with Gasteiger partial charge in [0.15, 0.2) is 17.0 Å². The van der Waals surface area contributed by atoms with Crippen molar-refractivity contribution in [2.75, 3.05) is 5.43 Å². The van der Waals surface area contributed by atoms with Gasteiger partial charge >= 0.3 is 0 Å². The van der Waals surface area contributed by atoms with Gasteiger partial charge in [0.05, 0.1) is 21.3 Å². The molecule has 0 unspecified atom stereocenters. The SMILES string of the molecule is O=C(NNc1ncnc2c1nc(-c1ccc(Cl)cc1Cl)n2-c1ccc(Cl)cc1Cl)c1cccnc1. The first-order chi connectivity index (χ1) is 16.9. The normalized spacial score (nSPS) is 11.0. The van der Waals surface area contributed by atoms with Crippen LogP contribution in [-0.2, 0) is 0 Å². The van der Waals surface area contributed by atoms with E-state index in [1.807, 2.05) is 0 Å². The number of nitrogens with zero attached hydrogens (tertiary/aromatic N) is 5. The summed E-state index contributed by atoms with van der Waals surface area (Å²) in [5, 5.41) is 1.71. The van der Waals surface area contributed by atoms with Gasteiger partial charge in [0.1, 0.15) is 12.2 Å². The highest BCUT2D eigenvalue weighted by molar-refractivity contribution is 6.37. The highest BCUT2D eigenvalue weighted by Crippen LogP contribution is 2.37. The lowest BCUT2D eigenvalue weighted by atomic mass is 10.2. The number of hydrazine groups is 1. The van der Waals surface area contributed by atoms with Crippen molar-refractivity contribution in [2.24, 2.45) is 0 Å². The minimum atomic E-state index is -0.397.